The Hall–Kier alpha value is -2.05. The maximum absolute atomic E-state index is 13.6. The summed E-state index contributed by atoms with van der Waals surface area (Å²) in [5.74, 6) is -5.73. The van der Waals surface area contributed by atoms with Crippen LogP contribution in [0.4, 0.5) is 18.9 Å². The van der Waals surface area contributed by atoms with Gasteiger partial charge in [-0.3, -0.25) is 9.59 Å². The minimum Gasteiger partial charge on any atom is -0.352 e. The standard InChI is InChI=1S/C13H15F3N2O2/c1-7(2)17-11(20)6-18(8(3)19)10-5-4-9(14)12(15)13(10)16/h4-5,7H,6H2,1-3H3,(H,17,20). The molecule has 1 rings (SSSR count). The first-order valence-electron chi connectivity index (χ1n) is 5.95. The van der Waals surface area contributed by atoms with Crippen LogP contribution < -0.4 is 10.2 Å². The highest BCUT2D eigenvalue weighted by Gasteiger charge is 2.23. The third kappa shape index (κ3) is 3.72. The van der Waals surface area contributed by atoms with Crippen LogP contribution in [0.3, 0.4) is 0 Å². The van der Waals surface area contributed by atoms with E-state index in [0.29, 0.717) is 6.07 Å². The highest BCUT2D eigenvalue weighted by atomic mass is 19.2. The molecule has 0 heterocycles. The highest BCUT2D eigenvalue weighted by Crippen LogP contribution is 2.23. The SMILES string of the molecule is CC(=O)N(CC(=O)NC(C)C)c1ccc(F)c(F)c1F. The lowest BCUT2D eigenvalue weighted by molar-refractivity contribution is -0.123. The van der Waals surface area contributed by atoms with Crippen molar-refractivity contribution in [1.29, 1.82) is 0 Å². The average molecular weight is 288 g/mol. The van der Waals surface area contributed by atoms with E-state index in [1.807, 2.05) is 0 Å². The quantitative estimate of drug-likeness (QED) is 0.861. The van der Waals surface area contributed by atoms with Crippen molar-refractivity contribution in [1.82, 2.24) is 5.32 Å². The molecule has 1 N–H and O–H groups in total. The van der Waals surface area contributed by atoms with Gasteiger partial charge < -0.3 is 10.2 Å². The first-order valence-corrected chi connectivity index (χ1v) is 5.95. The van der Waals surface area contributed by atoms with Crippen LogP contribution in [0.25, 0.3) is 0 Å². The molecule has 0 radical (unpaired) electrons. The number of hydrogen-bond donors (Lipinski definition) is 1. The lowest BCUT2D eigenvalue weighted by atomic mass is 10.2. The molecule has 0 aliphatic rings. The molecule has 4 nitrogen and oxygen atoms in total. The lowest BCUT2D eigenvalue weighted by Crippen LogP contribution is -2.42. The average Bonchev–Trinajstić information content (AvgIpc) is 2.33. The van der Waals surface area contributed by atoms with Crippen LogP contribution in [0.2, 0.25) is 0 Å². The number of carbonyl (C=O) groups is 2. The van der Waals surface area contributed by atoms with Crippen molar-refractivity contribution < 1.29 is 22.8 Å². The largest absolute Gasteiger partial charge is 0.352 e. The van der Waals surface area contributed by atoms with Crippen molar-refractivity contribution in [2.45, 2.75) is 26.8 Å². The number of amides is 2. The van der Waals surface area contributed by atoms with Crippen LogP contribution in [0, 0.1) is 17.5 Å². The normalized spacial score (nSPS) is 10.6. The molecular weight excluding hydrogens is 273 g/mol. The summed E-state index contributed by atoms with van der Waals surface area (Å²) in [5.41, 5.74) is -0.477. The zero-order chi connectivity index (χ0) is 15.4. The van der Waals surface area contributed by atoms with Gasteiger partial charge in [0.25, 0.3) is 0 Å². The summed E-state index contributed by atoms with van der Waals surface area (Å²) in [6.07, 6.45) is 0. The molecule has 0 fully saturated rings. The predicted molar refractivity (Wildman–Crippen MR) is 67.6 cm³/mol. The van der Waals surface area contributed by atoms with Gasteiger partial charge in [-0.25, -0.2) is 13.2 Å². The van der Waals surface area contributed by atoms with Gasteiger partial charge in [0, 0.05) is 13.0 Å². The number of nitrogens with one attached hydrogen (secondary N) is 1. The molecule has 0 atom stereocenters. The zero-order valence-electron chi connectivity index (χ0n) is 11.3. The van der Waals surface area contributed by atoms with E-state index >= 15 is 0 Å². The Kier molecular flexibility index (Phi) is 5.12. The molecule has 0 saturated carbocycles. The second-order valence-electron chi connectivity index (χ2n) is 4.52. The summed E-state index contributed by atoms with van der Waals surface area (Å²) < 4.78 is 39.7. The molecule has 0 unspecified atom stereocenters. The lowest BCUT2D eigenvalue weighted by Gasteiger charge is -2.22. The van der Waals surface area contributed by atoms with Crippen LogP contribution in [-0.2, 0) is 9.59 Å². The minimum absolute atomic E-state index is 0.161. The second-order valence-corrected chi connectivity index (χ2v) is 4.52. The number of hydrogen-bond acceptors (Lipinski definition) is 2. The van der Waals surface area contributed by atoms with Gasteiger partial charge in [0.05, 0.1) is 5.69 Å². The van der Waals surface area contributed by atoms with E-state index in [-0.39, 0.29) is 6.04 Å². The van der Waals surface area contributed by atoms with Gasteiger partial charge in [0.15, 0.2) is 17.5 Å². The maximum atomic E-state index is 13.6. The Bertz CT molecular complexity index is 533. The highest BCUT2D eigenvalue weighted by molar-refractivity contribution is 5.97. The number of carbonyl (C=O) groups excluding carboxylic acids is 2. The van der Waals surface area contributed by atoms with E-state index in [1.165, 1.54) is 0 Å². The zero-order valence-corrected chi connectivity index (χ0v) is 11.3. The third-order valence-corrected chi connectivity index (χ3v) is 2.44. The monoisotopic (exact) mass is 288 g/mol. The molecule has 0 aliphatic heterocycles. The van der Waals surface area contributed by atoms with Crippen molar-refractivity contribution in [3.8, 4) is 0 Å². The molecule has 0 saturated heterocycles. The summed E-state index contributed by atoms with van der Waals surface area (Å²) in [6, 6.07) is 1.45. The van der Waals surface area contributed by atoms with Crippen LogP contribution in [0.5, 0.6) is 0 Å². The van der Waals surface area contributed by atoms with Gasteiger partial charge in [-0.15, -0.1) is 0 Å². The van der Waals surface area contributed by atoms with E-state index in [0.717, 1.165) is 17.9 Å². The molecule has 20 heavy (non-hydrogen) atoms. The van der Waals surface area contributed by atoms with Crippen molar-refractivity contribution in [3.63, 3.8) is 0 Å². The van der Waals surface area contributed by atoms with Gasteiger partial charge in [0.1, 0.15) is 6.54 Å². The number of rotatable bonds is 4. The maximum Gasteiger partial charge on any atom is 0.240 e. The first kappa shape index (κ1) is 16.0. The van der Waals surface area contributed by atoms with Crippen molar-refractivity contribution in [2.75, 3.05) is 11.4 Å². The molecule has 2 amide bonds. The number of anilines is 1. The third-order valence-electron chi connectivity index (χ3n) is 2.44. The fourth-order valence-electron chi connectivity index (χ4n) is 1.60. The Morgan fingerprint density at radius 3 is 2.30 bits per heavy atom. The molecule has 1 aromatic carbocycles. The van der Waals surface area contributed by atoms with Crippen molar-refractivity contribution >= 4 is 17.5 Å². The topological polar surface area (TPSA) is 49.4 Å². The van der Waals surface area contributed by atoms with E-state index in [9.17, 15) is 22.8 Å². The van der Waals surface area contributed by atoms with Crippen molar-refractivity contribution in [2.24, 2.45) is 0 Å². The Morgan fingerprint density at radius 2 is 1.80 bits per heavy atom. The van der Waals surface area contributed by atoms with Crippen LogP contribution >= 0.6 is 0 Å². The van der Waals surface area contributed by atoms with Crippen LogP contribution in [-0.4, -0.2) is 24.4 Å². The summed E-state index contributed by atoms with van der Waals surface area (Å²) >= 11 is 0. The molecule has 0 spiro atoms. The molecule has 0 aromatic heterocycles. The van der Waals surface area contributed by atoms with Gasteiger partial charge in [0.2, 0.25) is 11.8 Å². The number of nitrogens with zero attached hydrogens (tertiary/aromatic N) is 1. The molecule has 0 aliphatic carbocycles. The van der Waals surface area contributed by atoms with E-state index in [1.54, 1.807) is 13.8 Å². The minimum atomic E-state index is -1.68. The van der Waals surface area contributed by atoms with Crippen LogP contribution in [0.1, 0.15) is 20.8 Å². The predicted octanol–water partition coefficient (Wildman–Crippen LogP) is 1.98. The van der Waals surface area contributed by atoms with E-state index in [2.05, 4.69) is 5.32 Å². The molecule has 110 valence electrons. The summed E-state index contributed by atoms with van der Waals surface area (Å²) in [5, 5.41) is 2.52. The summed E-state index contributed by atoms with van der Waals surface area (Å²) in [4.78, 5) is 23.8. The molecule has 0 bridgehead atoms. The Labute approximate surface area is 114 Å². The first-order chi connectivity index (χ1) is 9.23. The Balaban J connectivity index is 3.07. The molecular formula is C13H15F3N2O2. The second kappa shape index (κ2) is 6.40. The Morgan fingerprint density at radius 1 is 1.20 bits per heavy atom. The molecule has 7 heteroatoms. The van der Waals surface area contributed by atoms with Crippen LogP contribution in [0.15, 0.2) is 12.1 Å². The van der Waals surface area contributed by atoms with Gasteiger partial charge in [-0.2, -0.15) is 0 Å². The van der Waals surface area contributed by atoms with Gasteiger partial charge in [-0.1, -0.05) is 0 Å². The fourth-order valence-corrected chi connectivity index (χ4v) is 1.60. The van der Waals surface area contributed by atoms with Gasteiger partial charge >= 0.3 is 0 Å². The van der Waals surface area contributed by atoms with Crippen molar-refractivity contribution in [3.05, 3.63) is 29.6 Å². The molecule has 1 aromatic rings. The van der Waals surface area contributed by atoms with E-state index < -0.39 is 41.5 Å². The fraction of sp³-hybridized carbons (Fsp3) is 0.385. The number of halogens is 3. The smallest absolute Gasteiger partial charge is 0.240 e. The van der Waals surface area contributed by atoms with E-state index in [4.69, 9.17) is 0 Å². The van der Waals surface area contributed by atoms with Gasteiger partial charge in [-0.05, 0) is 26.0 Å². The number of benzene rings is 1. The summed E-state index contributed by atoms with van der Waals surface area (Å²) in [6.45, 7) is 4.06. The summed E-state index contributed by atoms with van der Waals surface area (Å²) in [7, 11) is 0.